The summed E-state index contributed by atoms with van der Waals surface area (Å²) in [4.78, 5) is 36.4. The number of rotatable bonds is 5. The van der Waals surface area contributed by atoms with Gasteiger partial charge in [-0.1, -0.05) is 36.0 Å². The van der Waals surface area contributed by atoms with E-state index in [4.69, 9.17) is 0 Å². The molecule has 0 spiro atoms. The van der Waals surface area contributed by atoms with Gasteiger partial charge in [0, 0.05) is 29.7 Å². The number of benzene rings is 1. The van der Waals surface area contributed by atoms with Crippen LogP contribution in [0.1, 0.15) is 35.4 Å². The van der Waals surface area contributed by atoms with E-state index in [2.05, 4.69) is 16.0 Å². The molecule has 2 aliphatic rings. The fourth-order valence-corrected chi connectivity index (χ4v) is 5.44. The van der Waals surface area contributed by atoms with Crippen LogP contribution in [0.5, 0.6) is 0 Å². The molecule has 158 valence electrons. The molecule has 3 aromatic rings. The summed E-state index contributed by atoms with van der Waals surface area (Å²) in [5.74, 6) is 0.358. The highest BCUT2D eigenvalue weighted by molar-refractivity contribution is 8.00. The van der Waals surface area contributed by atoms with E-state index < -0.39 is 0 Å². The largest absolute Gasteiger partial charge is 0.349 e. The molecule has 2 aromatic heterocycles. The van der Waals surface area contributed by atoms with Gasteiger partial charge in [0.15, 0.2) is 0 Å². The second-order valence-corrected chi connectivity index (χ2v) is 8.92. The molecular weight excluding hydrogens is 408 g/mol. The molecule has 0 atom stereocenters. The Labute approximate surface area is 185 Å². The van der Waals surface area contributed by atoms with Crippen LogP contribution in [0.3, 0.4) is 0 Å². The summed E-state index contributed by atoms with van der Waals surface area (Å²) in [5, 5.41) is 0.720. The number of amides is 1. The third-order valence-corrected chi connectivity index (χ3v) is 7.02. The molecule has 0 bridgehead atoms. The standard InChI is InChI=1S/C24H24N4O2S/c29-22(27-14-12-17-7-1-3-10-20(17)27)16-31-23-19-9-2-4-11-21(19)28(24(30)26-23)15-18-8-5-6-13-25-18/h1,3,5-8,10,13H,2,4,9,11-12,14-16H2. The predicted octanol–water partition coefficient (Wildman–Crippen LogP) is 3.25. The van der Waals surface area contributed by atoms with Gasteiger partial charge in [0.1, 0.15) is 5.03 Å². The van der Waals surface area contributed by atoms with Gasteiger partial charge >= 0.3 is 5.69 Å². The van der Waals surface area contributed by atoms with Crippen molar-refractivity contribution in [3.63, 3.8) is 0 Å². The van der Waals surface area contributed by atoms with Gasteiger partial charge in [0.25, 0.3) is 0 Å². The Morgan fingerprint density at radius 3 is 2.74 bits per heavy atom. The Kier molecular flexibility index (Phi) is 5.59. The molecule has 0 N–H and O–H groups in total. The van der Waals surface area contributed by atoms with E-state index in [9.17, 15) is 9.59 Å². The average molecular weight is 433 g/mol. The lowest BCUT2D eigenvalue weighted by molar-refractivity contribution is -0.116. The number of hydrogen-bond donors (Lipinski definition) is 0. The van der Waals surface area contributed by atoms with Crippen LogP contribution >= 0.6 is 11.8 Å². The maximum Gasteiger partial charge on any atom is 0.349 e. The second kappa shape index (κ2) is 8.67. The van der Waals surface area contributed by atoms with Crippen LogP contribution in [-0.2, 0) is 30.6 Å². The molecule has 3 heterocycles. The van der Waals surface area contributed by atoms with E-state index in [0.717, 1.165) is 66.3 Å². The van der Waals surface area contributed by atoms with Crippen LogP contribution in [0, 0.1) is 0 Å². The highest BCUT2D eigenvalue weighted by Crippen LogP contribution is 2.31. The number of fused-ring (bicyclic) bond motifs is 2. The summed E-state index contributed by atoms with van der Waals surface area (Å²) in [6, 6.07) is 13.8. The zero-order valence-electron chi connectivity index (χ0n) is 17.3. The van der Waals surface area contributed by atoms with E-state index >= 15 is 0 Å². The van der Waals surface area contributed by atoms with Gasteiger partial charge in [-0.05, 0) is 55.9 Å². The minimum Gasteiger partial charge on any atom is -0.311 e. The summed E-state index contributed by atoms with van der Waals surface area (Å²) in [6.07, 6.45) is 6.54. The molecule has 0 unspecified atom stereocenters. The van der Waals surface area contributed by atoms with Crippen LogP contribution in [0.2, 0.25) is 0 Å². The number of carbonyl (C=O) groups excluding carboxylic acids is 1. The van der Waals surface area contributed by atoms with Gasteiger partial charge in [-0.15, -0.1) is 0 Å². The molecule has 1 amide bonds. The molecule has 0 saturated heterocycles. The van der Waals surface area contributed by atoms with Crippen LogP contribution in [-0.4, -0.2) is 32.7 Å². The number of nitrogens with zero attached hydrogens (tertiary/aromatic N) is 4. The first-order chi connectivity index (χ1) is 15.2. The quantitative estimate of drug-likeness (QED) is 0.457. The Hall–Kier alpha value is -2.93. The molecule has 1 aromatic carbocycles. The van der Waals surface area contributed by atoms with Crippen molar-refractivity contribution in [2.75, 3.05) is 17.2 Å². The highest BCUT2D eigenvalue weighted by atomic mass is 32.2. The van der Waals surface area contributed by atoms with Crippen molar-refractivity contribution in [3.8, 4) is 0 Å². The molecule has 0 radical (unpaired) electrons. The predicted molar refractivity (Wildman–Crippen MR) is 122 cm³/mol. The fourth-order valence-electron chi connectivity index (χ4n) is 4.49. The van der Waals surface area contributed by atoms with Crippen molar-refractivity contribution in [3.05, 3.63) is 81.7 Å². The third kappa shape index (κ3) is 4.02. The van der Waals surface area contributed by atoms with Crippen molar-refractivity contribution in [1.29, 1.82) is 0 Å². The SMILES string of the molecule is O=C(CSc1nc(=O)n(Cc2ccccn2)c2c1CCCC2)N1CCc2ccccc21. The monoisotopic (exact) mass is 432 g/mol. The topological polar surface area (TPSA) is 68.1 Å². The third-order valence-electron chi connectivity index (χ3n) is 6.02. The van der Waals surface area contributed by atoms with E-state index in [1.165, 1.54) is 17.3 Å². The lowest BCUT2D eigenvalue weighted by Gasteiger charge is -2.23. The van der Waals surface area contributed by atoms with Crippen LogP contribution in [0.4, 0.5) is 5.69 Å². The van der Waals surface area contributed by atoms with Crippen molar-refractivity contribution < 1.29 is 4.79 Å². The van der Waals surface area contributed by atoms with Crippen LogP contribution in [0.25, 0.3) is 0 Å². The molecule has 0 saturated carbocycles. The average Bonchev–Trinajstić information content (AvgIpc) is 3.24. The Morgan fingerprint density at radius 2 is 1.87 bits per heavy atom. The smallest absolute Gasteiger partial charge is 0.311 e. The number of carbonyl (C=O) groups is 1. The second-order valence-electron chi connectivity index (χ2n) is 7.95. The van der Waals surface area contributed by atoms with Crippen molar-refractivity contribution in [2.45, 2.75) is 43.7 Å². The van der Waals surface area contributed by atoms with E-state index in [-0.39, 0.29) is 17.3 Å². The van der Waals surface area contributed by atoms with Gasteiger partial charge < -0.3 is 4.90 Å². The number of pyridine rings is 1. The van der Waals surface area contributed by atoms with Crippen LogP contribution in [0.15, 0.2) is 58.5 Å². The van der Waals surface area contributed by atoms with Crippen LogP contribution < -0.4 is 10.6 Å². The highest BCUT2D eigenvalue weighted by Gasteiger charge is 2.26. The first-order valence-corrected chi connectivity index (χ1v) is 11.7. The minimum absolute atomic E-state index is 0.0685. The maximum atomic E-state index is 12.9. The Bertz CT molecular complexity index is 1180. The van der Waals surface area contributed by atoms with E-state index in [1.54, 1.807) is 10.8 Å². The van der Waals surface area contributed by atoms with E-state index in [1.807, 2.05) is 41.3 Å². The Balaban J connectivity index is 1.38. The molecule has 1 aliphatic heterocycles. The zero-order chi connectivity index (χ0) is 21.2. The lowest BCUT2D eigenvalue weighted by Crippen LogP contribution is -2.32. The summed E-state index contributed by atoms with van der Waals surface area (Å²) >= 11 is 1.40. The van der Waals surface area contributed by atoms with Gasteiger partial charge in [-0.25, -0.2) is 4.79 Å². The minimum atomic E-state index is -0.257. The van der Waals surface area contributed by atoms with Crippen molar-refractivity contribution in [2.24, 2.45) is 0 Å². The van der Waals surface area contributed by atoms with Gasteiger partial charge in [-0.2, -0.15) is 4.98 Å². The summed E-state index contributed by atoms with van der Waals surface area (Å²) in [6.45, 7) is 1.15. The number of aromatic nitrogens is 3. The van der Waals surface area contributed by atoms with Crippen molar-refractivity contribution >= 4 is 23.4 Å². The molecule has 0 fully saturated rings. The van der Waals surface area contributed by atoms with E-state index in [0.29, 0.717) is 6.54 Å². The number of para-hydroxylation sites is 1. The summed E-state index contributed by atoms with van der Waals surface area (Å²) in [5.41, 5.74) is 5.00. The van der Waals surface area contributed by atoms with Gasteiger partial charge in [0.2, 0.25) is 5.91 Å². The molecular formula is C24H24N4O2S. The Morgan fingerprint density at radius 1 is 1.03 bits per heavy atom. The molecule has 31 heavy (non-hydrogen) atoms. The van der Waals surface area contributed by atoms with Gasteiger partial charge in [0.05, 0.1) is 18.0 Å². The summed E-state index contributed by atoms with van der Waals surface area (Å²) in [7, 11) is 0. The number of hydrogen-bond acceptors (Lipinski definition) is 5. The molecule has 5 rings (SSSR count). The number of thioether (sulfide) groups is 1. The molecule has 1 aliphatic carbocycles. The number of anilines is 1. The van der Waals surface area contributed by atoms with Crippen molar-refractivity contribution in [1.82, 2.24) is 14.5 Å². The zero-order valence-corrected chi connectivity index (χ0v) is 18.1. The first kappa shape index (κ1) is 20.0. The maximum absolute atomic E-state index is 12.9. The normalized spacial score (nSPS) is 14.9. The lowest BCUT2D eigenvalue weighted by atomic mass is 9.97. The fraction of sp³-hybridized carbons (Fsp3) is 0.333. The first-order valence-electron chi connectivity index (χ1n) is 10.7. The summed E-state index contributed by atoms with van der Waals surface area (Å²) < 4.78 is 1.76. The molecule has 6 nitrogen and oxygen atoms in total. The van der Waals surface area contributed by atoms with Gasteiger partial charge in [-0.3, -0.25) is 14.3 Å². The molecule has 7 heteroatoms.